The number of amides is 1. The minimum atomic E-state index is -0.913. The first-order valence-corrected chi connectivity index (χ1v) is 6.82. The summed E-state index contributed by atoms with van der Waals surface area (Å²) in [5.74, 6) is -1.72. The van der Waals surface area contributed by atoms with E-state index in [1.165, 1.54) is 0 Å². The van der Waals surface area contributed by atoms with Crippen LogP contribution in [0.25, 0.3) is 0 Å². The number of allylic oxidation sites excluding steroid dienone is 2. The molecule has 4 nitrogen and oxygen atoms in total. The predicted octanol–water partition coefficient (Wildman–Crippen LogP) is 2.53. The van der Waals surface area contributed by atoms with Crippen LogP contribution < -0.4 is 5.32 Å². The normalized spacial score (nSPS) is 17.6. The molecule has 0 spiro atoms. The first kappa shape index (κ1) is 14.3. The van der Waals surface area contributed by atoms with Crippen molar-refractivity contribution in [1.29, 1.82) is 0 Å². The molecule has 0 radical (unpaired) electrons. The van der Waals surface area contributed by atoms with E-state index >= 15 is 0 Å². The maximum absolute atomic E-state index is 12.2. The Hall–Kier alpha value is -2.10. The van der Waals surface area contributed by atoms with Gasteiger partial charge in [-0.3, -0.25) is 9.59 Å². The van der Waals surface area contributed by atoms with Crippen LogP contribution >= 0.6 is 0 Å². The summed E-state index contributed by atoms with van der Waals surface area (Å²) in [6.07, 6.45) is 5.44. The fourth-order valence-electron chi connectivity index (χ4n) is 2.40. The lowest BCUT2D eigenvalue weighted by molar-refractivity contribution is -0.142. The lowest BCUT2D eigenvalue weighted by Crippen LogP contribution is -2.38. The first-order valence-electron chi connectivity index (χ1n) is 6.82. The van der Waals surface area contributed by atoms with Gasteiger partial charge < -0.3 is 10.4 Å². The molecule has 0 bridgehead atoms. The molecule has 106 valence electrons. The van der Waals surface area contributed by atoms with E-state index in [0.717, 1.165) is 18.4 Å². The molecule has 0 aromatic heterocycles. The number of carboxylic acids is 1. The Morgan fingerprint density at radius 3 is 2.35 bits per heavy atom. The van der Waals surface area contributed by atoms with Gasteiger partial charge >= 0.3 is 5.97 Å². The van der Waals surface area contributed by atoms with Crippen LogP contribution in [0.5, 0.6) is 0 Å². The van der Waals surface area contributed by atoms with Crippen LogP contribution in [-0.4, -0.2) is 17.0 Å². The maximum Gasteiger partial charge on any atom is 0.308 e. The molecule has 0 saturated carbocycles. The quantitative estimate of drug-likeness (QED) is 0.810. The van der Waals surface area contributed by atoms with Crippen molar-refractivity contribution in [3.8, 4) is 0 Å². The first-order chi connectivity index (χ1) is 9.59. The zero-order chi connectivity index (χ0) is 14.5. The van der Waals surface area contributed by atoms with E-state index in [-0.39, 0.29) is 11.8 Å². The summed E-state index contributed by atoms with van der Waals surface area (Å²) >= 11 is 0. The third-order valence-corrected chi connectivity index (χ3v) is 3.72. The van der Waals surface area contributed by atoms with E-state index in [2.05, 4.69) is 5.32 Å². The Kier molecular flexibility index (Phi) is 4.56. The van der Waals surface area contributed by atoms with E-state index < -0.39 is 17.9 Å². The van der Waals surface area contributed by atoms with Gasteiger partial charge in [-0.15, -0.1) is 0 Å². The SMILES string of the molecule is C[C@@H](C(=O)O)[C@@H](NC(=O)C1CC=CC1)c1ccccc1. The van der Waals surface area contributed by atoms with Crippen LogP contribution in [0, 0.1) is 11.8 Å². The molecular weight excluding hydrogens is 254 g/mol. The molecule has 1 aliphatic carbocycles. The maximum atomic E-state index is 12.2. The second-order valence-corrected chi connectivity index (χ2v) is 5.16. The number of aliphatic carboxylic acids is 1. The number of carbonyl (C=O) groups is 2. The molecule has 2 atom stereocenters. The molecule has 0 aliphatic heterocycles. The van der Waals surface area contributed by atoms with Crippen molar-refractivity contribution in [2.45, 2.75) is 25.8 Å². The highest BCUT2D eigenvalue weighted by Crippen LogP contribution is 2.25. The molecule has 0 heterocycles. The molecule has 0 unspecified atom stereocenters. The van der Waals surface area contributed by atoms with Crippen LogP contribution in [0.15, 0.2) is 42.5 Å². The van der Waals surface area contributed by atoms with Gasteiger partial charge in [0.25, 0.3) is 0 Å². The standard InChI is InChI=1S/C16H19NO3/c1-11(16(19)20)14(12-7-3-2-4-8-12)17-15(18)13-9-5-6-10-13/h2-8,11,13-14H,9-10H2,1H3,(H,17,18)(H,19,20)/t11-,14-/m1/s1. The number of carbonyl (C=O) groups excluding carboxylic acids is 1. The van der Waals surface area contributed by atoms with Gasteiger partial charge in [-0.1, -0.05) is 42.5 Å². The molecule has 0 saturated heterocycles. The Balaban J connectivity index is 2.14. The highest BCUT2D eigenvalue weighted by Gasteiger charge is 2.29. The van der Waals surface area contributed by atoms with Crippen LogP contribution in [0.2, 0.25) is 0 Å². The average molecular weight is 273 g/mol. The zero-order valence-electron chi connectivity index (χ0n) is 11.5. The van der Waals surface area contributed by atoms with E-state index in [1.54, 1.807) is 6.92 Å². The van der Waals surface area contributed by atoms with Crippen LogP contribution in [0.1, 0.15) is 31.4 Å². The number of rotatable bonds is 5. The largest absolute Gasteiger partial charge is 0.481 e. The topological polar surface area (TPSA) is 66.4 Å². The Labute approximate surface area is 118 Å². The van der Waals surface area contributed by atoms with Crippen molar-refractivity contribution in [3.63, 3.8) is 0 Å². The summed E-state index contributed by atoms with van der Waals surface area (Å²) in [5.41, 5.74) is 0.821. The summed E-state index contributed by atoms with van der Waals surface area (Å²) < 4.78 is 0. The van der Waals surface area contributed by atoms with Gasteiger partial charge in [0.1, 0.15) is 0 Å². The average Bonchev–Trinajstić information content (AvgIpc) is 2.99. The van der Waals surface area contributed by atoms with Gasteiger partial charge in [0.05, 0.1) is 12.0 Å². The van der Waals surface area contributed by atoms with E-state index in [1.807, 2.05) is 42.5 Å². The summed E-state index contributed by atoms with van der Waals surface area (Å²) in [7, 11) is 0. The third-order valence-electron chi connectivity index (χ3n) is 3.72. The molecule has 2 rings (SSSR count). The van der Waals surface area contributed by atoms with Crippen LogP contribution in [-0.2, 0) is 9.59 Å². The zero-order valence-corrected chi connectivity index (χ0v) is 11.5. The third kappa shape index (κ3) is 3.26. The predicted molar refractivity (Wildman–Crippen MR) is 76.0 cm³/mol. The Bertz CT molecular complexity index is 502. The van der Waals surface area contributed by atoms with Gasteiger partial charge in [0, 0.05) is 5.92 Å². The van der Waals surface area contributed by atoms with Crippen molar-refractivity contribution in [2.75, 3.05) is 0 Å². The highest BCUT2D eigenvalue weighted by molar-refractivity contribution is 5.81. The summed E-state index contributed by atoms with van der Waals surface area (Å²) in [4.78, 5) is 23.5. The summed E-state index contributed by atoms with van der Waals surface area (Å²) in [6.45, 7) is 1.62. The Morgan fingerprint density at radius 1 is 1.20 bits per heavy atom. The number of benzene rings is 1. The molecule has 1 aromatic rings. The smallest absolute Gasteiger partial charge is 0.308 e. The molecule has 2 N–H and O–H groups in total. The molecule has 1 amide bonds. The molecule has 4 heteroatoms. The van der Waals surface area contributed by atoms with Crippen molar-refractivity contribution in [2.24, 2.45) is 11.8 Å². The second-order valence-electron chi connectivity index (χ2n) is 5.16. The van der Waals surface area contributed by atoms with E-state index in [4.69, 9.17) is 0 Å². The van der Waals surface area contributed by atoms with Gasteiger partial charge in [-0.25, -0.2) is 0 Å². The minimum absolute atomic E-state index is 0.0674. The number of nitrogens with one attached hydrogen (secondary N) is 1. The van der Waals surface area contributed by atoms with Crippen molar-refractivity contribution in [3.05, 3.63) is 48.0 Å². The minimum Gasteiger partial charge on any atom is -0.481 e. The van der Waals surface area contributed by atoms with Crippen LogP contribution in [0.3, 0.4) is 0 Å². The number of carboxylic acid groups (broad SMARTS) is 1. The van der Waals surface area contributed by atoms with E-state index in [0.29, 0.717) is 0 Å². The highest BCUT2D eigenvalue weighted by atomic mass is 16.4. The molecule has 1 aliphatic rings. The van der Waals surface area contributed by atoms with Crippen LogP contribution in [0.4, 0.5) is 0 Å². The monoisotopic (exact) mass is 273 g/mol. The summed E-state index contributed by atoms with van der Waals surface area (Å²) in [5, 5.41) is 12.1. The summed E-state index contributed by atoms with van der Waals surface area (Å²) in [6, 6.07) is 8.76. The molecule has 20 heavy (non-hydrogen) atoms. The lowest BCUT2D eigenvalue weighted by Gasteiger charge is -2.24. The van der Waals surface area contributed by atoms with Crippen molar-refractivity contribution >= 4 is 11.9 Å². The fourth-order valence-corrected chi connectivity index (χ4v) is 2.40. The Morgan fingerprint density at radius 2 is 1.80 bits per heavy atom. The number of hydrogen-bond donors (Lipinski definition) is 2. The van der Waals surface area contributed by atoms with Gasteiger partial charge in [-0.2, -0.15) is 0 Å². The molecule has 1 aromatic carbocycles. The lowest BCUT2D eigenvalue weighted by atomic mass is 9.93. The van der Waals surface area contributed by atoms with E-state index in [9.17, 15) is 14.7 Å². The second kappa shape index (κ2) is 6.37. The number of hydrogen-bond acceptors (Lipinski definition) is 2. The van der Waals surface area contributed by atoms with Crippen molar-refractivity contribution in [1.82, 2.24) is 5.32 Å². The van der Waals surface area contributed by atoms with Crippen molar-refractivity contribution < 1.29 is 14.7 Å². The fraction of sp³-hybridized carbons (Fsp3) is 0.375. The van der Waals surface area contributed by atoms with Gasteiger partial charge in [0.15, 0.2) is 0 Å². The molecular formula is C16H19NO3. The van der Waals surface area contributed by atoms with Gasteiger partial charge in [0.2, 0.25) is 5.91 Å². The van der Waals surface area contributed by atoms with Gasteiger partial charge in [-0.05, 0) is 25.3 Å². The molecule has 0 fully saturated rings.